The zero-order chi connectivity index (χ0) is 12.8. The largest absolute Gasteiger partial charge is 0.318 e. The highest BCUT2D eigenvalue weighted by atomic mass is 32.1. The first-order valence-electron chi connectivity index (χ1n) is 6.64. The minimum atomic E-state index is 0.573. The molecule has 4 heteroatoms. The Bertz CT molecular complexity index is 763. The van der Waals surface area contributed by atoms with Crippen LogP contribution in [-0.4, -0.2) is 10.3 Å². The van der Waals surface area contributed by atoms with Gasteiger partial charge >= 0.3 is 0 Å². The van der Waals surface area contributed by atoms with E-state index >= 15 is 0 Å². The van der Waals surface area contributed by atoms with Crippen molar-refractivity contribution in [3.05, 3.63) is 41.2 Å². The number of fused-ring (bicyclic) bond motifs is 2. The molecule has 19 heavy (non-hydrogen) atoms. The molecule has 0 radical (unpaired) electrons. The SMILES string of the molecule is Cn1c(=NN=C2CC3CC=CC23)sc2ccccc21. The van der Waals surface area contributed by atoms with Crippen LogP contribution in [0.25, 0.3) is 10.2 Å². The van der Waals surface area contributed by atoms with E-state index in [4.69, 9.17) is 0 Å². The summed E-state index contributed by atoms with van der Waals surface area (Å²) in [6, 6.07) is 8.38. The summed E-state index contributed by atoms with van der Waals surface area (Å²) in [7, 11) is 2.05. The van der Waals surface area contributed by atoms with Gasteiger partial charge in [0, 0.05) is 18.7 Å². The van der Waals surface area contributed by atoms with Crippen LogP contribution in [0.4, 0.5) is 0 Å². The van der Waals surface area contributed by atoms with E-state index in [1.165, 1.54) is 22.3 Å². The van der Waals surface area contributed by atoms with Crippen molar-refractivity contribution in [2.24, 2.45) is 29.1 Å². The predicted molar refractivity (Wildman–Crippen MR) is 79.1 cm³/mol. The third kappa shape index (κ3) is 1.70. The van der Waals surface area contributed by atoms with Gasteiger partial charge in [-0.3, -0.25) is 0 Å². The molecule has 2 aliphatic rings. The molecular formula is C15H15N3S. The van der Waals surface area contributed by atoms with Crippen molar-refractivity contribution in [2.75, 3.05) is 0 Å². The van der Waals surface area contributed by atoms with E-state index in [1.807, 2.05) is 0 Å². The van der Waals surface area contributed by atoms with Crippen LogP contribution in [-0.2, 0) is 7.05 Å². The smallest absolute Gasteiger partial charge is 0.211 e. The molecule has 0 bridgehead atoms. The van der Waals surface area contributed by atoms with Crippen LogP contribution in [0.1, 0.15) is 12.8 Å². The van der Waals surface area contributed by atoms with Gasteiger partial charge in [0.1, 0.15) is 0 Å². The lowest BCUT2D eigenvalue weighted by atomic mass is 9.74. The minimum Gasteiger partial charge on any atom is -0.318 e. The van der Waals surface area contributed by atoms with Crippen molar-refractivity contribution in [3.8, 4) is 0 Å². The maximum atomic E-state index is 4.48. The molecule has 1 saturated carbocycles. The minimum absolute atomic E-state index is 0.573. The molecule has 96 valence electrons. The fourth-order valence-electron chi connectivity index (χ4n) is 2.93. The summed E-state index contributed by atoms with van der Waals surface area (Å²) in [6.45, 7) is 0. The van der Waals surface area contributed by atoms with Crippen molar-refractivity contribution in [1.82, 2.24) is 4.57 Å². The van der Waals surface area contributed by atoms with Crippen LogP contribution in [0.3, 0.4) is 0 Å². The number of para-hydroxylation sites is 1. The molecule has 1 fully saturated rings. The first kappa shape index (κ1) is 11.2. The van der Waals surface area contributed by atoms with E-state index in [0.717, 1.165) is 17.1 Å². The Morgan fingerprint density at radius 1 is 1.26 bits per heavy atom. The quantitative estimate of drug-likeness (QED) is 0.562. The van der Waals surface area contributed by atoms with E-state index in [1.54, 1.807) is 11.3 Å². The summed E-state index contributed by atoms with van der Waals surface area (Å²) in [5.74, 6) is 1.38. The Hall–Kier alpha value is -1.68. The summed E-state index contributed by atoms with van der Waals surface area (Å²) in [5, 5.41) is 8.94. The van der Waals surface area contributed by atoms with Gasteiger partial charge in [0.2, 0.25) is 4.80 Å². The van der Waals surface area contributed by atoms with Crippen molar-refractivity contribution in [2.45, 2.75) is 12.8 Å². The number of nitrogens with zero attached hydrogens (tertiary/aromatic N) is 3. The number of aromatic nitrogens is 1. The summed E-state index contributed by atoms with van der Waals surface area (Å²) in [6.07, 6.45) is 6.90. The lowest BCUT2D eigenvalue weighted by Crippen LogP contribution is -2.32. The van der Waals surface area contributed by atoms with Gasteiger partial charge in [-0.15, -0.1) is 5.10 Å². The van der Waals surface area contributed by atoms with Crippen molar-refractivity contribution < 1.29 is 0 Å². The molecule has 1 heterocycles. The van der Waals surface area contributed by atoms with Crippen LogP contribution < -0.4 is 4.80 Å². The Labute approximate surface area is 115 Å². The molecule has 2 aromatic rings. The van der Waals surface area contributed by atoms with Crippen molar-refractivity contribution in [1.29, 1.82) is 0 Å². The lowest BCUT2D eigenvalue weighted by molar-refractivity contribution is 0.445. The number of thiazole rings is 1. The number of hydrogen-bond donors (Lipinski definition) is 0. The molecule has 2 unspecified atom stereocenters. The molecular weight excluding hydrogens is 254 g/mol. The third-order valence-corrected chi connectivity index (χ3v) is 5.23. The molecule has 2 aliphatic carbocycles. The molecule has 1 aromatic heterocycles. The average molecular weight is 269 g/mol. The number of hydrogen-bond acceptors (Lipinski definition) is 3. The zero-order valence-corrected chi connectivity index (χ0v) is 11.6. The first-order valence-corrected chi connectivity index (χ1v) is 7.46. The maximum absolute atomic E-state index is 4.48. The van der Waals surface area contributed by atoms with Gasteiger partial charge in [0.25, 0.3) is 0 Å². The predicted octanol–water partition coefficient (Wildman–Crippen LogP) is 3.09. The molecule has 0 spiro atoms. The van der Waals surface area contributed by atoms with E-state index < -0.39 is 0 Å². The summed E-state index contributed by atoms with van der Waals surface area (Å²) >= 11 is 1.70. The second-order valence-corrected chi connectivity index (χ2v) is 6.27. The van der Waals surface area contributed by atoms with Gasteiger partial charge in [-0.2, -0.15) is 5.10 Å². The summed E-state index contributed by atoms with van der Waals surface area (Å²) < 4.78 is 3.38. The normalized spacial score (nSPS) is 28.1. The highest BCUT2D eigenvalue weighted by Gasteiger charge is 2.37. The average Bonchev–Trinajstić information content (AvgIpc) is 2.93. The standard InChI is InChI=1S/C15H15N3S/c1-18-13-7-2-3-8-14(13)19-15(18)17-16-12-9-10-5-4-6-11(10)12/h2-4,6-8,10-11H,5,9H2,1H3. The fourth-order valence-corrected chi connectivity index (χ4v) is 3.90. The van der Waals surface area contributed by atoms with Crippen molar-refractivity contribution >= 4 is 27.3 Å². The van der Waals surface area contributed by atoms with E-state index in [9.17, 15) is 0 Å². The third-order valence-electron chi connectivity index (χ3n) is 4.12. The molecule has 0 amide bonds. The number of allylic oxidation sites excluding steroid dienone is 2. The highest BCUT2D eigenvalue weighted by molar-refractivity contribution is 7.16. The molecule has 3 nitrogen and oxygen atoms in total. The second-order valence-electron chi connectivity index (χ2n) is 5.26. The van der Waals surface area contributed by atoms with Crippen LogP contribution in [0, 0.1) is 11.8 Å². The maximum Gasteiger partial charge on any atom is 0.211 e. The van der Waals surface area contributed by atoms with E-state index in [2.05, 4.69) is 58.2 Å². The number of rotatable bonds is 1. The summed E-state index contributed by atoms with van der Waals surface area (Å²) in [5.41, 5.74) is 2.47. The zero-order valence-electron chi connectivity index (χ0n) is 10.8. The monoisotopic (exact) mass is 269 g/mol. The molecule has 0 N–H and O–H groups in total. The molecule has 0 aliphatic heterocycles. The topological polar surface area (TPSA) is 29.6 Å². The Balaban J connectivity index is 1.74. The molecule has 0 saturated heterocycles. The van der Waals surface area contributed by atoms with Gasteiger partial charge < -0.3 is 4.57 Å². The summed E-state index contributed by atoms with van der Waals surface area (Å²) in [4.78, 5) is 0.971. The van der Waals surface area contributed by atoms with Gasteiger partial charge in [0.15, 0.2) is 0 Å². The number of benzene rings is 1. The highest BCUT2D eigenvalue weighted by Crippen LogP contribution is 2.40. The lowest BCUT2D eigenvalue weighted by Gasteiger charge is -2.30. The molecule has 4 rings (SSSR count). The fraction of sp³-hybridized carbons (Fsp3) is 0.333. The molecule has 1 aromatic carbocycles. The van der Waals surface area contributed by atoms with Gasteiger partial charge in [-0.05, 0) is 30.9 Å². The second kappa shape index (κ2) is 4.17. The van der Waals surface area contributed by atoms with Crippen LogP contribution in [0.15, 0.2) is 46.6 Å². The number of aryl methyl sites for hydroxylation is 1. The Kier molecular flexibility index (Phi) is 2.45. The first-order chi connectivity index (χ1) is 9.33. The Morgan fingerprint density at radius 2 is 2.16 bits per heavy atom. The van der Waals surface area contributed by atoms with Crippen molar-refractivity contribution in [3.63, 3.8) is 0 Å². The van der Waals surface area contributed by atoms with Gasteiger partial charge in [-0.25, -0.2) is 0 Å². The van der Waals surface area contributed by atoms with Gasteiger partial charge in [0.05, 0.1) is 10.2 Å². The van der Waals surface area contributed by atoms with E-state index in [-0.39, 0.29) is 0 Å². The van der Waals surface area contributed by atoms with Crippen LogP contribution in [0.2, 0.25) is 0 Å². The van der Waals surface area contributed by atoms with Crippen LogP contribution in [0.5, 0.6) is 0 Å². The van der Waals surface area contributed by atoms with E-state index in [0.29, 0.717) is 5.92 Å². The van der Waals surface area contributed by atoms with Crippen LogP contribution >= 0.6 is 11.3 Å². The Morgan fingerprint density at radius 3 is 3.00 bits per heavy atom. The molecule has 2 atom stereocenters. The van der Waals surface area contributed by atoms with Gasteiger partial charge in [-0.1, -0.05) is 35.6 Å².